The Labute approximate surface area is 123 Å². The number of nitrogens with one attached hydrogen (secondary N) is 1. The number of alkyl halides is 3. The maximum atomic E-state index is 13.0. The summed E-state index contributed by atoms with van der Waals surface area (Å²) in [5, 5.41) is 3.38. The Bertz CT molecular complexity index is 440. The van der Waals surface area contributed by atoms with E-state index in [0.717, 1.165) is 38.4 Å². The molecule has 2 heterocycles. The third kappa shape index (κ3) is 4.33. The van der Waals surface area contributed by atoms with Crippen LogP contribution in [-0.2, 0) is 6.18 Å². The highest BCUT2D eigenvalue weighted by atomic mass is 19.4. The second-order valence-corrected chi connectivity index (χ2v) is 5.51. The van der Waals surface area contributed by atoms with Crippen LogP contribution in [0, 0.1) is 5.92 Å². The van der Waals surface area contributed by atoms with Gasteiger partial charge in [0.25, 0.3) is 0 Å². The predicted octanol–water partition coefficient (Wildman–Crippen LogP) is 3.32. The zero-order valence-corrected chi connectivity index (χ0v) is 12.3. The van der Waals surface area contributed by atoms with Crippen molar-refractivity contribution in [1.29, 1.82) is 0 Å². The Hall–Kier alpha value is -1.30. The molecule has 0 saturated carbocycles. The minimum atomic E-state index is -4.34. The molecule has 2 rings (SSSR count). The van der Waals surface area contributed by atoms with Crippen LogP contribution in [0.5, 0.6) is 0 Å². The zero-order chi connectivity index (χ0) is 15.3. The van der Waals surface area contributed by atoms with Crippen LogP contribution < -0.4 is 10.2 Å². The van der Waals surface area contributed by atoms with E-state index in [1.165, 1.54) is 12.3 Å². The number of aromatic nitrogens is 1. The second-order valence-electron chi connectivity index (χ2n) is 5.51. The van der Waals surface area contributed by atoms with Crippen molar-refractivity contribution in [3.8, 4) is 0 Å². The van der Waals surface area contributed by atoms with Crippen LogP contribution in [0.25, 0.3) is 0 Å². The number of piperidine rings is 1. The van der Waals surface area contributed by atoms with Crippen LogP contribution in [0.15, 0.2) is 18.3 Å². The van der Waals surface area contributed by atoms with Gasteiger partial charge in [-0.05, 0) is 50.4 Å². The van der Waals surface area contributed by atoms with Gasteiger partial charge in [0.1, 0.15) is 5.82 Å². The molecule has 0 aliphatic carbocycles. The molecule has 0 unspecified atom stereocenters. The van der Waals surface area contributed by atoms with E-state index in [9.17, 15) is 13.2 Å². The molecule has 1 aromatic heterocycles. The SMILES string of the molecule is CCCNCC1CCN(c2ncccc2C(F)(F)F)CC1. The van der Waals surface area contributed by atoms with Crippen molar-refractivity contribution < 1.29 is 13.2 Å². The summed E-state index contributed by atoms with van der Waals surface area (Å²) in [7, 11) is 0. The summed E-state index contributed by atoms with van der Waals surface area (Å²) in [4.78, 5) is 5.72. The van der Waals surface area contributed by atoms with Crippen LogP contribution in [0.1, 0.15) is 31.7 Å². The molecule has 1 N–H and O–H groups in total. The Kier molecular flexibility index (Phi) is 5.45. The molecule has 118 valence electrons. The zero-order valence-electron chi connectivity index (χ0n) is 12.3. The lowest BCUT2D eigenvalue weighted by molar-refractivity contribution is -0.137. The fraction of sp³-hybridized carbons (Fsp3) is 0.667. The van der Waals surface area contributed by atoms with E-state index in [1.54, 1.807) is 4.90 Å². The molecule has 1 saturated heterocycles. The van der Waals surface area contributed by atoms with E-state index < -0.39 is 11.7 Å². The smallest absolute Gasteiger partial charge is 0.356 e. The van der Waals surface area contributed by atoms with Crippen LogP contribution in [-0.4, -0.2) is 31.2 Å². The number of hydrogen-bond donors (Lipinski definition) is 1. The first-order valence-electron chi connectivity index (χ1n) is 7.50. The highest BCUT2D eigenvalue weighted by Crippen LogP contribution is 2.36. The fourth-order valence-electron chi connectivity index (χ4n) is 2.70. The molecule has 1 aliphatic rings. The van der Waals surface area contributed by atoms with Crippen molar-refractivity contribution >= 4 is 5.82 Å². The van der Waals surface area contributed by atoms with E-state index >= 15 is 0 Å². The first kappa shape index (κ1) is 16.1. The van der Waals surface area contributed by atoms with Crippen LogP contribution in [0.3, 0.4) is 0 Å². The van der Waals surface area contributed by atoms with Crippen molar-refractivity contribution in [1.82, 2.24) is 10.3 Å². The molecule has 3 nitrogen and oxygen atoms in total. The van der Waals surface area contributed by atoms with E-state index in [4.69, 9.17) is 0 Å². The average Bonchev–Trinajstić information content (AvgIpc) is 2.47. The molecule has 0 radical (unpaired) electrons. The van der Waals surface area contributed by atoms with Gasteiger partial charge in [-0.1, -0.05) is 6.92 Å². The average molecular weight is 301 g/mol. The minimum Gasteiger partial charge on any atom is -0.356 e. The quantitative estimate of drug-likeness (QED) is 0.846. The lowest BCUT2D eigenvalue weighted by Crippen LogP contribution is -2.38. The number of hydrogen-bond acceptors (Lipinski definition) is 3. The van der Waals surface area contributed by atoms with Crippen molar-refractivity contribution in [2.75, 3.05) is 31.1 Å². The van der Waals surface area contributed by atoms with Crippen molar-refractivity contribution in [2.45, 2.75) is 32.4 Å². The summed E-state index contributed by atoms with van der Waals surface area (Å²) >= 11 is 0. The Morgan fingerprint density at radius 2 is 2.05 bits per heavy atom. The molecule has 1 aromatic rings. The van der Waals surface area contributed by atoms with Gasteiger partial charge in [0.05, 0.1) is 5.56 Å². The van der Waals surface area contributed by atoms with E-state index in [-0.39, 0.29) is 5.82 Å². The predicted molar refractivity (Wildman–Crippen MR) is 77.3 cm³/mol. The van der Waals surface area contributed by atoms with Gasteiger partial charge < -0.3 is 10.2 Å². The number of anilines is 1. The van der Waals surface area contributed by atoms with Crippen molar-refractivity contribution in [3.05, 3.63) is 23.9 Å². The molecule has 1 fully saturated rings. The fourth-order valence-corrected chi connectivity index (χ4v) is 2.70. The normalized spacial score (nSPS) is 17.2. The molecule has 0 amide bonds. The van der Waals surface area contributed by atoms with Gasteiger partial charge in [-0.3, -0.25) is 0 Å². The molecule has 0 spiro atoms. The number of rotatable bonds is 5. The standard InChI is InChI=1S/C15H22F3N3/c1-2-7-19-11-12-5-9-21(10-6-12)14-13(15(16,17)18)4-3-8-20-14/h3-4,8,12,19H,2,5-7,9-11H2,1H3. The summed E-state index contributed by atoms with van der Waals surface area (Å²) in [5.41, 5.74) is -0.632. The number of pyridine rings is 1. The highest BCUT2D eigenvalue weighted by Gasteiger charge is 2.36. The van der Waals surface area contributed by atoms with Gasteiger partial charge in [0.2, 0.25) is 0 Å². The largest absolute Gasteiger partial charge is 0.419 e. The van der Waals surface area contributed by atoms with Crippen LogP contribution >= 0.6 is 0 Å². The Balaban J connectivity index is 1.97. The topological polar surface area (TPSA) is 28.2 Å². The third-order valence-corrected chi connectivity index (χ3v) is 3.87. The molecular formula is C15H22F3N3. The van der Waals surface area contributed by atoms with Crippen molar-refractivity contribution in [3.63, 3.8) is 0 Å². The van der Waals surface area contributed by atoms with Gasteiger partial charge in [0, 0.05) is 19.3 Å². The van der Waals surface area contributed by atoms with E-state index in [2.05, 4.69) is 17.2 Å². The first-order valence-corrected chi connectivity index (χ1v) is 7.50. The Morgan fingerprint density at radius 3 is 2.67 bits per heavy atom. The van der Waals surface area contributed by atoms with Gasteiger partial charge in [0.15, 0.2) is 0 Å². The summed E-state index contributed by atoms with van der Waals surface area (Å²) in [6.45, 7) is 5.35. The number of nitrogens with zero attached hydrogens (tertiary/aromatic N) is 2. The van der Waals surface area contributed by atoms with Crippen LogP contribution in [0.2, 0.25) is 0 Å². The maximum Gasteiger partial charge on any atom is 0.419 e. The maximum absolute atomic E-state index is 13.0. The van der Waals surface area contributed by atoms with Gasteiger partial charge in [-0.2, -0.15) is 13.2 Å². The first-order chi connectivity index (χ1) is 10.0. The lowest BCUT2D eigenvalue weighted by Gasteiger charge is -2.34. The molecule has 0 atom stereocenters. The highest BCUT2D eigenvalue weighted by molar-refractivity contribution is 5.48. The number of halogens is 3. The van der Waals surface area contributed by atoms with Gasteiger partial charge >= 0.3 is 6.18 Å². The monoisotopic (exact) mass is 301 g/mol. The van der Waals surface area contributed by atoms with E-state index in [0.29, 0.717) is 19.0 Å². The second kappa shape index (κ2) is 7.11. The Morgan fingerprint density at radius 1 is 1.33 bits per heavy atom. The molecule has 21 heavy (non-hydrogen) atoms. The van der Waals surface area contributed by atoms with Gasteiger partial charge in [-0.15, -0.1) is 0 Å². The molecule has 1 aliphatic heterocycles. The van der Waals surface area contributed by atoms with E-state index in [1.807, 2.05) is 0 Å². The summed E-state index contributed by atoms with van der Waals surface area (Å²) in [6.07, 6.45) is -0.000512. The van der Waals surface area contributed by atoms with Gasteiger partial charge in [-0.25, -0.2) is 4.98 Å². The molecule has 0 aromatic carbocycles. The van der Waals surface area contributed by atoms with Crippen LogP contribution in [0.4, 0.5) is 19.0 Å². The lowest BCUT2D eigenvalue weighted by atomic mass is 9.96. The summed E-state index contributed by atoms with van der Waals surface area (Å²) < 4.78 is 39.0. The summed E-state index contributed by atoms with van der Waals surface area (Å²) in [6, 6.07) is 2.45. The molecule has 6 heteroatoms. The minimum absolute atomic E-state index is 0.0740. The van der Waals surface area contributed by atoms with Crippen molar-refractivity contribution in [2.24, 2.45) is 5.92 Å². The third-order valence-electron chi connectivity index (χ3n) is 3.87. The molecular weight excluding hydrogens is 279 g/mol. The molecule has 0 bridgehead atoms. The summed E-state index contributed by atoms with van der Waals surface area (Å²) in [5.74, 6) is 0.621.